The normalized spacial score (nSPS) is 10.4. The van der Waals surface area contributed by atoms with Crippen LogP contribution in [0.1, 0.15) is 38.4 Å². The van der Waals surface area contributed by atoms with E-state index in [0.717, 1.165) is 17.8 Å². The predicted octanol–water partition coefficient (Wildman–Crippen LogP) is 1.90. The molecule has 6 nitrogen and oxygen atoms in total. The van der Waals surface area contributed by atoms with Gasteiger partial charge in [-0.2, -0.15) is 0 Å². The minimum Gasteiger partial charge on any atom is -0.366 e. The van der Waals surface area contributed by atoms with Crippen LogP contribution in [0.3, 0.4) is 0 Å². The van der Waals surface area contributed by atoms with Gasteiger partial charge in [-0.05, 0) is 12.5 Å². The molecule has 0 fully saturated rings. The van der Waals surface area contributed by atoms with Crippen molar-refractivity contribution < 1.29 is 9.59 Å². The Hall–Kier alpha value is -1.80. The minimum absolute atomic E-state index is 0.309. The summed E-state index contributed by atoms with van der Waals surface area (Å²) in [6.07, 6.45) is 1.83. The van der Waals surface area contributed by atoms with Gasteiger partial charge in [0, 0.05) is 11.8 Å². The number of nitrogens with one attached hydrogen (secondary N) is 1. The molecule has 0 aliphatic heterocycles. The van der Waals surface area contributed by atoms with E-state index in [0.29, 0.717) is 15.6 Å². The fourth-order valence-corrected chi connectivity index (χ4v) is 2.99. The molecule has 0 aliphatic carbocycles. The molecular formula is C11H12N4O2S2. The summed E-state index contributed by atoms with van der Waals surface area (Å²) in [5, 5.41) is 13.4. The maximum absolute atomic E-state index is 11.9. The Morgan fingerprint density at radius 2 is 2.21 bits per heavy atom. The van der Waals surface area contributed by atoms with Gasteiger partial charge in [-0.25, -0.2) is 0 Å². The van der Waals surface area contributed by atoms with E-state index >= 15 is 0 Å². The second-order valence-electron chi connectivity index (χ2n) is 3.77. The van der Waals surface area contributed by atoms with E-state index < -0.39 is 5.91 Å². The number of hydrogen-bond donors (Lipinski definition) is 2. The van der Waals surface area contributed by atoms with Crippen molar-refractivity contribution in [2.75, 3.05) is 5.32 Å². The third-order valence-corrected chi connectivity index (χ3v) is 4.09. The Morgan fingerprint density at radius 3 is 2.84 bits per heavy atom. The molecule has 0 aliphatic rings. The molecule has 0 unspecified atom stereocenters. The predicted molar refractivity (Wildman–Crippen MR) is 74.7 cm³/mol. The van der Waals surface area contributed by atoms with Crippen LogP contribution in [0.5, 0.6) is 0 Å². The number of anilines is 1. The molecule has 2 aromatic rings. The lowest BCUT2D eigenvalue weighted by Crippen LogP contribution is -2.11. The first kappa shape index (κ1) is 13.6. The van der Waals surface area contributed by atoms with Gasteiger partial charge in [0.25, 0.3) is 5.91 Å². The van der Waals surface area contributed by atoms with Crippen LogP contribution in [0.15, 0.2) is 11.4 Å². The highest BCUT2D eigenvalue weighted by Crippen LogP contribution is 2.20. The molecule has 0 aromatic carbocycles. The van der Waals surface area contributed by atoms with E-state index in [1.165, 1.54) is 28.7 Å². The second kappa shape index (κ2) is 5.89. The maximum atomic E-state index is 11.9. The Morgan fingerprint density at radius 1 is 1.42 bits per heavy atom. The van der Waals surface area contributed by atoms with Crippen LogP contribution >= 0.6 is 22.7 Å². The van der Waals surface area contributed by atoms with Crippen molar-refractivity contribution in [1.82, 2.24) is 10.2 Å². The molecule has 8 heteroatoms. The molecular weight excluding hydrogens is 284 g/mol. The number of carbonyl (C=O) groups is 2. The summed E-state index contributed by atoms with van der Waals surface area (Å²) < 4.78 is 0. The number of hydrogen-bond acceptors (Lipinski definition) is 6. The number of aryl methyl sites for hydroxylation is 1. The highest BCUT2D eigenvalue weighted by Gasteiger charge is 2.13. The van der Waals surface area contributed by atoms with Gasteiger partial charge < -0.3 is 5.73 Å². The van der Waals surface area contributed by atoms with Crippen molar-refractivity contribution in [3.63, 3.8) is 0 Å². The molecule has 2 aromatic heterocycles. The summed E-state index contributed by atoms with van der Waals surface area (Å²) in [5.74, 6) is -0.854. The summed E-state index contributed by atoms with van der Waals surface area (Å²) in [6.45, 7) is 2.05. The van der Waals surface area contributed by atoms with E-state index in [1.54, 1.807) is 5.38 Å². The Balaban J connectivity index is 2.04. The van der Waals surface area contributed by atoms with Gasteiger partial charge in [0.05, 0.1) is 10.4 Å². The Bertz CT molecular complexity index is 605. The number of aromatic nitrogens is 2. The van der Waals surface area contributed by atoms with Crippen LogP contribution in [-0.4, -0.2) is 22.0 Å². The van der Waals surface area contributed by atoms with E-state index in [9.17, 15) is 9.59 Å². The lowest BCUT2D eigenvalue weighted by atomic mass is 10.3. The molecule has 3 N–H and O–H groups in total. The van der Waals surface area contributed by atoms with Crippen LogP contribution in [0.4, 0.5) is 5.13 Å². The monoisotopic (exact) mass is 296 g/mol. The molecule has 2 rings (SSSR count). The number of nitrogens with two attached hydrogens (primary N) is 1. The highest BCUT2D eigenvalue weighted by molar-refractivity contribution is 7.15. The standard InChI is InChI=1S/C11H12N4O2S2/c1-2-3-8-14-15-11(19-8)13-10(17)7-4-6(5-18-7)9(12)16/h4-5H,2-3H2,1H3,(H2,12,16)(H,13,15,17). The molecule has 0 saturated heterocycles. The SMILES string of the molecule is CCCc1nnc(NC(=O)c2cc(C(N)=O)cs2)s1. The van der Waals surface area contributed by atoms with Gasteiger partial charge >= 0.3 is 0 Å². The zero-order valence-electron chi connectivity index (χ0n) is 10.2. The van der Waals surface area contributed by atoms with E-state index in [1.807, 2.05) is 0 Å². The largest absolute Gasteiger partial charge is 0.366 e. The smallest absolute Gasteiger partial charge is 0.267 e. The van der Waals surface area contributed by atoms with Gasteiger partial charge in [-0.15, -0.1) is 21.5 Å². The van der Waals surface area contributed by atoms with Crippen molar-refractivity contribution in [2.24, 2.45) is 5.73 Å². The van der Waals surface area contributed by atoms with Crippen molar-refractivity contribution in [3.05, 3.63) is 26.9 Å². The first-order valence-corrected chi connectivity index (χ1v) is 7.32. The van der Waals surface area contributed by atoms with Gasteiger partial charge in [0.1, 0.15) is 5.01 Å². The third kappa shape index (κ3) is 3.36. The molecule has 0 atom stereocenters. The van der Waals surface area contributed by atoms with Crippen molar-refractivity contribution in [1.29, 1.82) is 0 Å². The lowest BCUT2D eigenvalue weighted by molar-refractivity contribution is 0.100. The number of carbonyl (C=O) groups excluding carboxylic acids is 2. The average molecular weight is 296 g/mol. The molecule has 0 bridgehead atoms. The average Bonchev–Trinajstić information content (AvgIpc) is 2.98. The summed E-state index contributed by atoms with van der Waals surface area (Å²) in [7, 11) is 0. The number of amides is 2. The first-order valence-electron chi connectivity index (χ1n) is 5.62. The lowest BCUT2D eigenvalue weighted by Gasteiger charge is -1.96. The van der Waals surface area contributed by atoms with Gasteiger partial charge in [-0.1, -0.05) is 18.3 Å². The molecule has 2 amide bonds. The van der Waals surface area contributed by atoms with Crippen molar-refractivity contribution in [2.45, 2.75) is 19.8 Å². The Labute approximate surface area is 117 Å². The maximum Gasteiger partial charge on any atom is 0.267 e. The molecule has 0 spiro atoms. The molecule has 2 heterocycles. The molecule has 0 saturated carbocycles. The van der Waals surface area contributed by atoms with Crippen LogP contribution < -0.4 is 11.1 Å². The van der Waals surface area contributed by atoms with Gasteiger partial charge in [0.15, 0.2) is 0 Å². The van der Waals surface area contributed by atoms with Gasteiger partial charge in [-0.3, -0.25) is 14.9 Å². The quantitative estimate of drug-likeness (QED) is 0.880. The zero-order valence-corrected chi connectivity index (χ0v) is 11.8. The van der Waals surface area contributed by atoms with Crippen molar-refractivity contribution >= 4 is 39.6 Å². The summed E-state index contributed by atoms with van der Waals surface area (Å²) in [6, 6.07) is 1.47. The summed E-state index contributed by atoms with van der Waals surface area (Å²) >= 11 is 2.52. The van der Waals surface area contributed by atoms with Crippen molar-refractivity contribution in [3.8, 4) is 0 Å². The number of rotatable bonds is 5. The molecule has 19 heavy (non-hydrogen) atoms. The topological polar surface area (TPSA) is 98.0 Å². The Kier molecular flexibility index (Phi) is 4.23. The summed E-state index contributed by atoms with van der Waals surface area (Å²) in [4.78, 5) is 23.3. The first-order chi connectivity index (χ1) is 9.10. The number of primary amides is 1. The molecule has 0 radical (unpaired) electrons. The van der Waals surface area contributed by atoms with Gasteiger partial charge in [0.2, 0.25) is 11.0 Å². The van der Waals surface area contributed by atoms with Crippen LogP contribution in [0.2, 0.25) is 0 Å². The fraction of sp³-hybridized carbons (Fsp3) is 0.273. The fourth-order valence-electron chi connectivity index (χ4n) is 1.36. The zero-order chi connectivity index (χ0) is 13.8. The third-order valence-electron chi connectivity index (χ3n) is 2.26. The molecule has 100 valence electrons. The van der Waals surface area contributed by atoms with E-state index in [2.05, 4.69) is 22.4 Å². The van der Waals surface area contributed by atoms with E-state index in [-0.39, 0.29) is 5.91 Å². The van der Waals surface area contributed by atoms with Crippen LogP contribution in [0.25, 0.3) is 0 Å². The summed E-state index contributed by atoms with van der Waals surface area (Å²) in [5.41, 5.74) is 5.46. The van der Waals surface area contributed by atoms with E-state index in [4.69, 9.17) is 5.73 Å². The number of nitrogens with zero attached hydrogens (tertiary/aromatic N) is 2. The second-order valence-corrected chi connectivity index (χ2v) is 5.74. The number of thiophene rings is 1. The highest BCUT2D eigenvalue weighted by atomic mass is 32.1. The van der Waals surface area contributed by atoms with Crippen LogP contribution in [0, 0.1) is 0 Å². The minimum atomic E-state index is -0.545. The van der Waals surface area contributed by atoms with Crippen LogP contribution in [-0.2, 0) is 6.42 Å².